The fourth-order valence-electron chi connectivity index (χ4n) is 3.88. The quantitative estimate of drug-likeness (QED) is 0.274. The molecule has 0 aliphatic rings. The molecule has 36 heavy (non-hydrogen) atoms. The molecule has 0 saturated carbocycles. The Morgan fingerprint density at radius 3 is 2.25 bits per heavy atom. The van der Waals surface area contributed by atoms with Gasteiger partial charge in [-0.25, -0.2) is 13.8 Å². The monoisotopic (exact) mass is 525 g/mol. The van der Waals surface area contributed by atoms with Crippen LogP contribution >= 0.6 is 11.6 Å². The van der Waals surface area contributed by atoms with Crippen LogP contribution in [0.3, 0.4) is 0 Å². The van der Waals surface area contributed by atoms with Gasteiger partial charge in [0, 0.05) is 10.7 Å². The van der Waals surface area contributed by atoms with E-state index in [2.05, 4.69) is 36.5 Å². The summed E-state index contributed by atoms with van der Waals surface area (Å²) in [5.41, 5.74) is 6.27. The van der Waals surface area contributed by atoms with Gasteiger partial charge in [-0.3, -0.25) is 9.10 Å². The third kappa shape index (κ3) is 6.74. The van der Waals surface area contributed by atoms with E-state index in [-0.39, 0.29) is 10.3 Å². The minimum atomic E-state index is -4.03. The van der Waals surface area contributed by atoms with Crippen LogP contribution in [0, 0.1) is 13.8 Å². The smallest absolute Gasteiger partial charge is 0.264 e. The van der Waals surface area contributed by atoms with Gasteiger partial charge in [0.2, 0.25) is 0 Å². The highest BCUT2D eigenvalue weighted by atomic mass is 35.5. The Morgan fingerprint density at radius 2 is 1.64 bits per heavy atom. The molecule has 0 aromatic heterocycles. The van der Waals surface area contributed by atoms with E-state index in [1.807, 2.05) is 39.0 Å². The lowest BCUT2D eigenvalue weighted by atomic mass is 9.80. The maximum Gasteiger partial charge on any atom is 0.264 e. The SMILES string of the molecule is C/C(CC(C)(C)c1ccccc1)=N/NC(=O)CN(c1ccc(C)c(Cl)c1)S(=O)(=O)c1ccc(C)cc1. The van der Waals surface area contributed by atoms with Crippen LogP contribution in [0.15, 0.2) is 82.8 Å². The van der Waals surface area contributed by atoms with Gasteiger partial charge in [-0.05, 0) is 68.0 Å². The maximum absolute atomic E-state index is 13.5. The van der Waals surface area contributed by atoms with Crippen molar-refractivity contribution in [2.24, 2.45) is 5.10 Å². The molecule has 0 aliphatic heterocycles. The Kier molecular flexibility index (Phi) is 8.59. The number of nitrogens with one attached hydrogen (secondary N) is 1. The maximum atomic E-state index is 13.5. The van der Waals surface area contributed by atoms with Crippen molar-refractivity contribution < 1.29 is 13.2 Å². The number of sulfonamides is 1. The molecule has 1 amide bonds. The van der Waals surface area contributed by atoms with E-state index in [0.29, 0.717) is 17.1 Å². The Labute approximate surface area is 219 Å². The Bertz CT molecular complexity index is 1350. The van der Waals surface area contributed by atoms with Crippen LogP contribution in [-0.2, 0) is 20.2 Å². The zero-order valence-electron chi connectivity index (χ0n) is 21.2. The number of carbonyl (C=O) groups is 1. The number of hydrogen-bond acceptors (Lipinski definition) is 4. The molecule has 0 aliphatic carbocycles. The average molecular weight is 526 g/mol. The Morgan fingerprint density at radius 1 is 1.00 bits per heavy atom. The zero-order chi connectivity index (χ0) is 26.5. The molecule has 0 spiro atoms. The molecular weight excluding hydrogens is 494 g/mol. The summed E-state index contributed by atoms with van der Waals surface area (Å²) >= 11 is 6.28. The predicted molar refractivity (Wildman–Crippen MR) is 147 cm³/mol. The van der Waals surface area contributed by atoms with Gasteiger partial charge in [-0.1, -0.05) is 79.5 Å². The van der Waals surface area contributed by atoms with E-state index in [1.165, 1.54) is 12.1 Å². The number of hydrogen-bond donors (Lipinski definition) is 1. The van der Waals surface area contributed by atoms with E-state index in [1.54, 1.807) is 30.3 Å². The summed E-state index contributed by atoms with van der Waals surface area (Å²) < 4.78 is 28.1. The third-order valence-electron chi connectivity index (χ3n) is 5.96. The Hall–Kier alpha value is -3.16. The summed E-state index contributed by atoms with van der Waals surface area (Å²) in [5.74, 6) is -0.556. The highest BCUT2D eigenvalue weighted by molar-refractivity contribution is 7.92. The molecule has 0 bridgehead atoms. The van der Waals surface area contributed by atoms with E-state index in [4.69, 9.17) is 11.6 Å². The number of anilines is 1. The van der Waals surface area contributed by atoms with Crippen LogP contribution in [-0.4, -0.2) is 26.6 Å². The van der Waals surface area contributed by atoms with Gasteiger partial charge in [0.25, 0.3) is 15.9 Å². The van der Waals surface area contributed by atoms with E-state index in [0.717, 1.165) is 26.7 Å². The first kappa shape index (κ1) is 27.4. The fraction of sp³-hybridized carbons (Fsp3) is 0.286. The number of amides is 1. The first-order valence-corrected chi connectivity index (χ1v) is 13.4. The van der Waals surface area contributed by atoms with Crippen molar-refractivity contribution in [3.63, 3.8) is 0 Å². The lowest BCUT2D eigenvalue weighted by Crippen LogP contribution is -2.40. The van der Waals surface area contributed by atoms with Crippen molar-refractivity contribution in [3.8, 4) is 0 Å². The Balaban J connectivity index is 1.82. The summed E-state index contributed by atoms with van der Waals surface area (Å²) in [5, 5.41) is 4.66. The number of carbonyl (C=O) groups excluding carboxylic acids is 1. The molecule has 3 aromatic rings. The number of nitrogens with zero attached hydrogens (tertiary/aromatic N) is 2. The van der Waals surface area contributed by atoms with Gasteiger partial charge in [0.15, 0.2) is 0 Å². The topological polar surface area (TPSA) is 78.8 Å². The standard InChI is InChI=1S/C28H32ClN3O3S/c1-20-11-15-25(16-12-20)36(34,35)32(24-14-13-21(2)26(29)17-24)19-27(33)31-30-22(3)18-28(4,5)23-9-7-6-8-10-23/h6-17H,18-19H2,1-5H3,(H,31,33)/b30-22-. The van der Waals surface area contributed by atoms with Crippen molar-refractivity contribution in [2.75, 3.05) is 10.8 Å². The molecule has 8 heteroatoms. The minimum absolute atomic E-state index is 0.0851. The highest BCUT2D eigenvalue weighted by Crippen LogP contribution is 2.29. The van der Waals surface area contributed by atoms with Crippen LogP contribution in [0.25, 0.3) is 0 Å². The van der Waals surface area contributed by atoms with Crippen LogP contribution in [0.4, 0.5) is 5.69 Å². The first-order valence-electron chi connectivity index (χ1n) is 11.6. The van der Waals surface area contributed by atoms with E-state index in [9.17, 15) is 13.2 Å². The van der Waals surface area contributed by atoms with Gasteiger partial charge in [0.1, 0.15) is 6.54 Å². The highest BCUT2D eigenvalue weighted by Gasteiger charge is 2.28. The van der Waals surface area contributed by atoms with Crippen molar-refractivity contribution >= 4 is 38.9 Å². The van der Waals surface area contributed by atoms with Gasteiger partial charge in [-0.15, -0.1) is 0 Å². The molecule has 0 atom stereocenters. The second kappa shape index (κ2) is 11.3. The van der Waals surface area contributed by atoms with E-state index < -0.39 is 22.5 Å². The molecular formula is C28H32ClN3O3S. The molecule has 190 valence electrons. The van der Waals surface area contributed by atoms with Crippen LogP contribution in [0.5, 0.6) is 0 Å². The number of hydrazone groups is 1. The summed E-state index contributed by atoms with van der Waals surface area (Å²) in [7, 11) is -4.03. The lowest BCUT2D eigenvalue weighted by molar-refractivity contribution is -0.119. The number of rotatable bonds is 9. The van der Waals surface area contributed by atoms with Crippen molar-refractivity contribution in [2.45, 2.75) is 51.3 Å². The van der Waals surface area contributed by atoms with E-state index >= 15 is 0 Å². The van der Waals surface area contributed by atoms with Crippen molar-refractivity contribution in [1.29, 1.82) is 0 Å². The normalized spacial score (nSPS) is 12.3. The number of aryl methyl sites for hydroxylation is 2. The summed E-state index contributed by atoms with van der Waals surface area (Å²) in [6.45, 7) is 9.31. The van der Waals surface area contributed by atoms with Gasteiger partial charge < -0.3 is 0 Å². The van der Waals surface area contributed by atoms with Crippen molar-refractivity contribution in [1.82, 2.24) is 5.43 Å². The molecule has 3 rings (SSSR count). The first-order chi connectivity index (χ1) is 16.9. The van der Waals surface area contributed by atoms with Crippen LogP contribution in [0.2, 0.25) is 5.02 Å². The molecule has 0 unspecified atom stereocenters. The van der Waals surface area contributed by atoms with Gasteiger partial charge >= 0.3 is 0 Å². The third-order valence-corrected chi connectivity index (χ3v) is 8.16. The largest absolute Gasteiger partial charge is 0.271 e. The zero-order valence-corrected chi connectivity index (χ0v) is 22.8. The van der Waals surface area contributed by atoms with Crippen LogP contribution in [0.1, 0.15) is 43.9 Å². The number of benzene rings is 3. The second-order valence-corrected chi connectivity index (χ2v) is 11.8. The average Bonchev–Trinajstić information content (AvgIpc) is 2.83. The lowest BCUT2D eigenvalue weighted by Gasteiger charge is -2.25. The minimum Gasteiger partial charge on any atom is -0.271 e. The molecule has 3 aromatic carbocycles. The number of halogens is 1. The predicted octanol–water partition coefficient (Wildman–Crippen LogP) is 6.01. The summed E-state index contributed by atoms with van der Waals surface area (Å²) in [4.78, 5) is 13.0. The molecule has 0 fully saturated rings. The van der Waals surface area contributed by atoms with Crippen molar-refractivity contribution in [3.05, 3.63) is 94.5 Å². The molecule has 1 N–H and O–H groups in total. The molecule has 0 radical (unpaired) electrons. The summed E-state index contributed by atoms with van der Waals surface area (Å²) in [6.07, 6.45) is 0.621. The fourth-order valence-corrected chi connectivity index (χ4v) is 5.47. The molecule has 0 heterocycles. The summed E-state index contributed by atoms with van der Waals surface area (Å²) in [6, 6.07) is 21.5. The van der Waals surface area contributed by atoms with Crippen LogP contribution < -0.4 is 9.73 Å². The van der Waals surface area contributed by atoms with Gasteiger partial charge in [0.05, 0.1) is 10.6 Å². The molecule has 0 saturated heterocycles. The second-order valence-electron chi connectivity index (χ2n) is 9.57. The molecule has 6 nitrogen and oxygen atoms in total. The van der Waals surface area contributed by atoms with Gasteiger partial charge in [-0.2, -0.15) is 5.10 Å².